The number of fused-ring (bicyclic) bond motifs is 1. The first-order chi connectivity index (χ1) is 10.5. The van der Waals surface area contributed by atoms with E-state index in [9.17, 15) is 0 Å². The molecule has 0 unspecified atom stereocenters. The highest BCUT2D eigenvalue weighted by Gasteiger charge is 2.15. The molecule has 3 aromatic rings. The number of hydrogen-bond acceptors (Lipinski definition) is 0. The van der Waals surface area contributed by atoms with E-state index in [2.05, 4.69) is 69.0 Å². The average molecular weight is 284 g/mol. The molecule has 0 heteroatoms. The van der Waals surface area contributed by atoms with Crippen LogP contribution in [0.1, 0.15) is 37.5 Å². The molecule has 3 rings (SSSR count). The molecule has 22 heavy (non-hydrogen) atoms. The highest BCUT2D eigenvalue weighted by Crippen LogP contribution is 2.28. The normalized spacial score (nSPS) is 11.0. The Labute approximate surface area is 132 Å². The minimum atomic E-state index is 0.118. The second-order valence-corrected chi connectivity index (χ2v) is 6.61. The van der Waals surface area contributed by atoms with E-state index in [0.29, 0.717) is 0 Å². The van der Waals surface area contributed by atoms with Crippen LogP contribution in [0.15, 0.2) is 66.7 Å². The molecule has 0 aromatic heterocycles. The van der Waals surface area contributed by atoms with Crippen LogP contribution in [0.4, 0.5) is 0 Å². The monoisotopic (exact) mass is 284 g/mol. The van der Waals surface area contributed by atoms with Crippen molar-refractivity contribution in [2.75, 3.05) is 0 Å². The lowest BCUT2D eigenvalue weighted by Crippen LogP contribution is -2.11. The largest absolute Gasteiger partial charge is 0.0622 e. The third kappa shape index (κ3) is 3.05. The molecule has 0 nitrogen and oxygen atoms in total. The topological polar surface area (TPSA) is 0 Å². The zero-order valence-electron chi connectivity index (χ0n) is 13.4. The standard InChI is InChI=1S/C22H20/c1-22(2,3)20-15-18-11-7-8-12-21(18)19(16-20)14-13-17-9-5-4-6-10-17/h4-12,15-16H,1-3H3. The summed E-state index contributed by atoms with van der Waals surface area (Å²) in [5, 5.41) is 2.48. The van der Waals surface area contributed by atoms with Crippen molar-refractivity contribution < 1.29 is 0 Å². The van der Waals surface area contributed by atoms with Crippen LogP contribution in [0.5, 0.6) is 0 Å². The summed E-state index contributed by atoms with van der Waals surface area (Å²) in [5.41, 5.74) is 3.59. The van der Waals surface area contributed by atoms with Gasteiger partial charge in [0.15, 0.2) is 0 Å². The van der Waals surface area contributed by atoms with E-state index in [1.54, 1.807) is 0 Å². The maximum atomic E-state index is 3.37. The van der Waals surface area contributed by atoms with Gasteiger partial charge in [-0.15, -0.1) is 0 Å². The van der Waals surface area contributed by atoms with Crippen molar-refractivity contribution in [3.05, 3.63) is 83.4 Å². The quantitative estimate of drug-likeness (QED) is 0.476. The molecule has 0 N–H and O–H groups in total. The van der Waals surface area contributed by atoms with Crippen molar-refractivity contribution in [3.63, 3.8) is 0 Å². The summed E-state index contributed by atoms with van der Waals surface area (Å²) in [7, 11) is 0. The molecule has 0 atom stereocenters. The van der Waals surface area contributed by atoms with E-state index in [1.807, 2.05) is 30.3 Å². The molecule has 0 radical (unpaired) electrons. The Morgan fingerprint density at radius 2 is 1.41 bits per heavy atom. The van der Waals surface area contributed by atoms with Gasteiger partial charge in [-0.2, -0.15) is 0 Å². The minimum Gasteiger partial charge on any atom is -0.0622 e. The zero-order chi connectivity index (χ0) is 15.6. The fraction of sp³-hybridized carbons (Fsp3) is 0.182. The maximum absolute atomic E-state index is 3.37. The lowest BCUT2D eigenvalue weighted by Gasteiger charge is -2.20. The highest BCUT2D eigenvalue weighted by atomic mass is 14.2. The van der Waals surface area contributed by atoms with Crippen LogP contribution < -0.4 is 0 Å². The predicted octanol–water partition coefficient (Wildman–Crippen LogP) is 5.54. The molecule has 0 aliphatic heterocycles. The van der Waals surface area contributed by atoms with Crippen LogP contribution in [-0.4, -0.2) is 0 Å². The van der Waals surface area contributed by atoms with E-state index in [-0.39, 0.29) is 5.41 Å². The van der Waals surface area contributed by atoms with Gasteiger partial charge in [-0.25, -0.2) is 0 Å². The molecule has 0 saturated heterocycles. The van der Waals surface area contributed by atoms with Crippen LogP contribution >= 0.6 is 0 Å². The van der Waals surface area contributed by atoms with E-state index >= 15 is 0 Å². The van der Waals surface area contributed by atoms with Crippen LogP contribution in [0.25, 0.3) is 10.8 Å². The first-order valence-electron chi connectivity index (χ1n) is 7.64. The highest BCUT2D eigenvalue weighted by molar-refractivity contribution is 5.89. The van der Waals surface area contributed by atoms with Gasteiger partial charge in [0.2, 0.25) is 0 Å². The van der Waals surface area contributed by atoms with E-state index in [4.69, 9.17) is 0 Å². The molecule has 0 heterocycles. The summed E-state index contributed by atoms with van der Waals surface area (Å²) in [6.45, 7) is 6.72. The summed E-state index contributed by atoms with van der Waals surface area (Å²) in [4.78, 5) is 0. The lowest BCUT2D eigenvalue weighted by molar-refractivity contribution is 0.591. The van der Waals surface area contributed by atoms with Crippen LogP contribution in [-0.2, 0) is 5.41 Å². The summed E-state index contributed by atoms with van der Waals surface area (Å²) in [6, 6.07) is 23.1. The van der Waals surface area contributed by atoms with Gasteiger partial charge in [-0.05, 0) is 39.9 Å². The van der Waals surface area contributed by atoms with Gasteiger partial charge in [0.05, 0.1) is 0 Å². The van der Waals surface area contributed by atoms with Gasteiger partial charge in [-0.1, -0.05) is 81.1 Å². The van der Waals surface area contributed by atoms with Crippen molar-refractivity contribution >= 4 is 10.8 Å². The lowest BCUT2D eigenvalue weighted by atomic mass is 9.84. The Bertz CT molecular complexity index is 853. The molecule has 108 valence electrons. The summed E-state index contributed by atoms with van der Waals surface area (Å²) < 4.78 is 0. The Morgan fingerprint density at radius 1 is 0.727 bits per heavy atom. The van der Waals surface area contributed by atoms with E-state index < -0.39 is 0 Å². The van der Waals surface area contributed by atoms with Gasteiger partial charge >= 0.3 is 0 Å². The van der Waals surface area contributed by atoms with Gasteiger partial charge in [0.1, 0.15) is 0 Å². The van der Waals surface area contributed by atoms with Crippen molar-refractivity contribution in [3.8, 4) is 11.8 Å². The minimum absolute atomic E-state index is 0.118. The molecular weight excluding hydrogens is 264 g/mol. The third-order valence-corrected chi connectivity index (χ3v) is 3.84. The predicted molar refractivity (Wildman–Crippen MR) is 95.1 cm³/mol. The van der Waals surface area contributed by atoms with Crippen LogP contribution in [0.3, 0.4) is 0 Å². The summed E-state index contributed by atoms with van der Waals surface area (Å²) >= 11 is 0. The molecule has 0 spiro atoms. The van der Waals surface area contributed by atoms with Crippen molar-refractivity contribution in [1.29, 1.82) is 0 Å². The van der Waals surface area contributed by atoms with Gasteiger partial charge in [0.25, 0.3) is 0 Å². The second-order valence-electron chi connectivity index (χ2n) is 6.61. The maximum Gasteiger partial charge on any atom is 0.0330 e. The Kier molecular flexibility index (Phi) is 3.73. The zero-order valence-corrected chi connectivity index (χ0v) is 13.4. The number of rotatable bonds is 0. The molecular formula is C22H20. The second kappa shape index (κ2) is 5.70. The number of benzene rings is 3. The molecule has 0 aliphatic carbocycles. The molecule has 0 amide bonds. The fourth-order valence-corrected chi connectivity index (χ4v) is 2.51. The van der Waals surface area contributed by atoms with Crippen molar-refractivity contribution in [2.24, 2.45) is 0 Å². The Balaban J connectivity index is 2.18. The van der Waals surface area contributed by atoms with Crippen LogP contribution in [0.2, 0.25) is 0 Å². The van der Waals surface area contributed by atoms with Gasteiger partial charge in [-0.3, -0.25) is 0 Å². The third-order valence-electron chi connectivity index (χ3n) is 3.84. The SMILES string of the molecule is CC(C)(C)c1cc(C#Cc2ccccc2)c2ccccc2c1. The molecule has 3 aromatic carbocycles. The summed E-state index contributed by atoms with van der Waals surface area (Å²) in [6.07, 6.45) is 0. The van der Waals surface area contributed by atoms with E-state index in [0.717, 1.165) is 11.1 Å². The Morgan fingerprint density at radius 3 is 2.14 bits per heavy atom. The smallest absolute Gasteiger partial charge is 0.0330 e. The van der Waals surface area contributed by atoms with Gasteiger partial charge < -0.3 is 0 Å². The van der Waals surface area contributed by atoms with Crippen molar-refractivity contribution in [2.45, 2.75) is 26.2 Å². The first-order valence-corrected chi connectivity index (χ1v) is 7.64. The molecule has 0 saturated carbocycles. The number of hydrogen-bond donors (Lipinski definition) is 0. The van der Waals surface area contributed by atoms with Crippen LogP contribution in [0, 0.1) is 11.8 Å². The van der Waals surface area contributed by atoms with E-state index in [1.165, 1.54) is 16.3 Å². The Hall–Kier alpha value is -2.52. The fourth-order valence-electron chi connectivity index (χ4n) is 2.51. The molecule has 0 aliphatic rings. The average Bonchev–Trinajstić information content (AvgIpc) is 2.52. The first kappa shape index (κ1) is 14.4. The van der Waals surface area contributed by atoms with Gasteiger partial charge in [0, 0.05) is 11.1 Å². The molecule has 0 fully saturated rings. The molecule has 0 bridgehead atoms. The summed E-state index contributed by atoms with van der Waals surface area (Å²) in [5.74, 6) is 6.65. The van der Waals surface area contributed by atoms with Crippen molar-refractivity contribution in [1.82, 2.24) is 0 Å².